The van der Waals surface area contributed by atoms with Crippen LogP contribution in [0, 0.1) is 5.82 Å². The lowest BCUT2D eigenvalue weighted by Crippen LogP contribution is -2.39. The van der Waals surface area contributed by atoms with E-state index in [1.165, 1.54) is 6.07 Å². The van der Waals surface area contributed by atoms with Crippen molar-refractivity contribution in [2.75, 3.05) is 19.6 Å². The van der Waals surface area contributed by atoms with Gasteiger partial charge in [0.05, 0.1) is 17.3 Å². The fourth-order valence-corrected chi connectivity index (χ4v) is 5.32. The number of nitrogens with zero attached hydrogens (tertiary/aromatic N) is 3. The summed E-state index contributed by atoms with van der Waals surface area (Å²) in [6, 6.07) is 12.3. The van der Waals surface area contributed by atoms with Gasteiger partial charge in [0, 0.05) is 30.8 Å². The molecule has 5 rings (SSSR count). The molecule has 12 heteroatoms. The van der Waals surface area contributed by atoms with Crippen molar-refractivity contribution in [3.8, 4) is 11.3 Å². The van der Waals surface area contributed by atoms with Crippen molar-refractivity contribution < 1.29 is 27.1 Å². The number of halogens is 6. The van der Waals surface area contributed by atoms with Crippen molar-refractivity contribution in [2.24, 2.45) is 0 Å². The molecule has 40 heavy (non-hydrogen) atoms. The third kappa shape index (κ3) is 7.27. The van der Waals surface area contributed by atoms with Gasteiger partial charge in [-0.1, -0.05) is 30.3 Å². The molecule has 3 aromatic rings. The van der Waals surface area contributed by atoms with Gasteiger partial charge in [-0.3, -0.25) is 0 Å². The van der Waals surface area contributed by atoms with Gasteiger partial charge in [0.1, 0.15) is 18.2 Å². The molecular formula is C28H32Cl2F4N4O2. The topological polar surface area (TPSA) is 59.4 Å². The van der Waals surface area contributed by atoms with Gasteiger partial charge < -0.3 is 19.5 Å². The smallest absolute Gasteiger partial charge is 0.419 e. The summed E-state index contributed by atoms with van der Waals surface area (Å²) in [5.41, 5.74) is 0.163. The minimum Gasteiger partial charge on any atom is -0.445 e. The number of hydrogen-bond donors (Lipinski definition) is 1. The summed E-state index contributed by atoms with van der Waals surface area (Å²) in [4.78, 5) is 19.4. The first-order chi connectivity index (χ1) is 18.3. The predicted octanol–water partition coefficient (Wildman–Crippen LogP) is 6.82. The number of rotatable bonds is 6. The monoisotopic (exact) mass is 602 g/mol. The van der Waals surface area contributed by atoms with Crippen LogP contribution in [0.15, 0.2) is 54.7 Å². The fraction of sp³-hybridized carbons (Fsp3) is 0.429. The normalized spacial score (nSPS) is 17.7. The van der Waals surface area contributed by atoms with E-state index in [1.54, 1.807) is 11.1 Å². The molecule has 3 heterocycles. The molecule has 0 saturated carbocycles. The molecular weight excluding hydrogens is 571 g/mol. The number of carbonyl (C=O) groups is 1. The van der Waals surface area contributed by atoms with Crippen LogP contribution in [0.4, 0.5) is 22.4 Å². The Labute approximate surface area is 242 Å². The van der Waals surface area contributed by atoms with Crippen LogP contribution in [0.5, 0.6) is 0 Å². The number of carbonyl (C=O) groups excluding carboxylic acids is 1. The maximum Gasteiger partial charge on any atom is 0.419 e. The molecule has 2 aromatic carbocycles. The number of aromatic nitrogens is 2. The van der Waals surface area contributed by atoms with Crippen molar-refractivity contribution in [3.63, 3.8) is 0 Å². The maximum atomic E-state index is 13.9. The molecule has 2 aliphatic rings. The van der Waals surface area contributed by atoms with Crippen LogP contribution >= 0.6 is 24.8 Å². The zero-order chi connectivity index (χ0) is 26.7. The highest BCUT2D eigenvalue weighted by Crippen LogP contribution is 2.35. The first kappa shape index (κ1) is 31.7. The number of nitrogens with one attached hydrogen (secondary N) is 1. The maximum absolute atomic E-state index is 13.9. The molecule has 1 aromatic heterocycles. The predicted molar refractivity (Wildman–Crippen MR) is 148 cm³/mol. The molecule has 1 N–H and O–H groups in total. The van der Waals surface area contributed by atoms with E-state index in [-0.39, 0.29) is 55.0 Å². The molecule has 0 radical (unpaired) electrons. The van der Waals surface area contributed by atoms with Crippen LogP contribution < -0.4 is 5.32 Å². The largest absolute Gasteiger partial charge is 0.445 e. The number of piperidine rings is 1. The third-order valence-corrected chi connectivity index (χ3v) is 7.30. The Kier molecular flexibility index (Phi) is 10.9. The van der Waals surface area contributed by atoms with Gasteiger partial charge >= 0.3 is 12.3 Å². The molecule has 2 aliphatic heterocycles. The van der Waals surface area contributed by atoms with E-state index in [2.05, 4.69) is 5.32 Å². The van der Waals surface area contributed by atoms with E-state index in [1.807, 2.05) is 34.9 Å². The Balaban J connectivity index is 0.00000220. The highest BCUT2D eigenvalue weighted by molar-refractivity contribution is 5.85. The minimum absolute atomic E-state index is 0. The van der Waals surface area contributed by atoms with Gasteiger partial charge in [-0.2, -0.15) is 13.2 Å². The van der Waals surface area contributed by atoms with Crippen molar-refractivity contribution in [1.29, 1.82) is 0 Å². The molecule has 218 valence electrons. The van der Waals surface area contributed by atoms with E-state index >= 15 is 0 Å². The first-order valence-electron chi connectivity index (χ1n) is 12.9. The second kappa shape index (κ2) is 13.7. The SMILES string of the molecule is Cl.Cl.O=C(OCc1ccccc1)N1CCCC1Cn1cc(-c2ccc(F)c(C(F)(F)F)c2)nc1C1CCNCC1. The molecule has 0 aliphatic carbocycles. The average molecular weight is 603 g/mol. The summed E-state index contributed by atoms with van der Waals surface area (Å²) < 4.78 is 61.5. The van der Waals surface area contributed by atoms with Crippen LogP contribution in [0.1, 0.15) is 48.6 Å². The van der Waals surface area contributed by atoms with Gasteiger partial charge in [0.25, 0.3) is 0 Å². The van der Waals surface area contributed by atoms with Gasteiger partial charge in [-0.15, -0.1) is 24.8 Å². The highest BCUT2D eigenvalue weighted by atomic mass is 35.5. The van der Waals surface area contributed by atoms with Crippen molar-refractivity contribution >= 4 is 30.9 Å². The van der Waals surface area contributed by atoms with Crippen LogP contribution in [0.25, 0.3) is 11.3 Å². The highest BCUT2D eigenvalue weighted by Gasteiger charge is 2.35. The number of likely N-dealkylation sites (tertiary alicyclic amines) is 1. The zero-order valence-corrected chi connectivity index (χ0v) is 23.3. The molecule has 6 nitrogen and oxygen atoms in total. The summed E-state index contributed by atoms with van der Waals surface area (Å²) in [5.74, 6) is -0.397. The van der Waals surface area contributed by atoms with Gasteiger partial charge in [0.2, 0.25) is 0 Å². The Hall–Kier alpha value is -2.82. The second-order valence-electron chi connectivity index (χ2n) is 9.88. The Morgan fingerprint density at radius 1 is 1.05 bits per heavy atom. The molecule has 0 spiro atoms. The van der Waals surface area contributed by atoms with Crippen LogP contribution in [0.3, 0.4) is 0 Å². The number of imidazole rings is 1. The zero-order valence-electron chi connectivity index (χ0n) is 21.7. The van der Waals surface area contributed by atoms with Gasteiger partial charge in [-0.05, 0) is 62.5 Å². The summed E-state index contributed by atoms with van der Waals surface area (Å²) in [6.45, 7) is 2.87. The lowest BCUT2D eigenvalue weighted by molar-refractivity contribution is -0.139. The Morgan fingerprint density at radius 2 is 1.77 bits per heavy atom. The molecule has 2 saturated heterocycles. The fourth-order valence-electron chi connectivity index (χ4n) is 5.32. The number of amides is 1. The summed E-state index contributed by atoms with van der Waals surface area (Å²) in [6.07, 6.45) is -0.131. The standard InChI is InChI=1S/C28H30F4N4O2.2ClH/c29-24-9-8-21(15-23(24)28(30,31)32)25-17-35(26(34-25)20-10-12-33-13-11-20)16-22-7-4-14-36(22)27(37)38-18-19-5-2-1-3-6-19;;/h1-3,5-6,8-9,15,17,20,22,33H,4,7,10-14,16,18H2;2*1H. The average Bonchev–Trinajstić information content (AvgIpc) is 3.56. The van der Waals surface area contributed by atoms with E-state index in [4.69, 9.17) is 9.72 Å². The van der Waals surface area contributed by atoms with Gasteiger partial charge in [0.15, 0.2) is 0 Å². The first-order valence-corrected chi connectivity index (χ1v) is 12.9. The number of alkyl halides is 3. The van der Waals surface area contributed by atoms with E-state index in [9.17, 15) is 22.4 Å². The summed E-state index contributed by atoms with van der Waals surface area (Å²) in [7, 11) is 0. The minimum atomic E-state index is -4.80. The van der Waals surface area contributed by atoms with E-state index in [0.29, 0.717) is 18.8 Å². The number of ether oxygens (including phenoxy) is 1. The van der Waals surface area contributed by atoms with Crippen LogP contribution in [-0.4, -0.2) is 46.2 Å². The van der Waals surface area contributed by atoms with E-state index in [0.717, 1.165) is 62.3 Å². The Morgan fingerprint density at radius 3 is 2.48 bits per heavy atom. The quantitative estimate of drug-likeness (QED) is 0.315. The second-order valence-corrected chi connectivity index (χ2v) is 9.88. The van der Waals surface area contributed by atoms with E-state index < -0.39 is 17.6 Å². The van der Waals surface area contributed by atoms with Crippen LogP contribution in [-0.2, 0) is 24.1 Å². The summed E-state index contributed by atoms with van der Waals surface area (Å²) in [5, 5.41) is 3.32. The van der Waals surface area contributed by atoms with Gasteiger partial charge in [-0.25, -0.2) is 14.2 Å². The Bertz CT molecular complexity index is 1270. The van der Waals surface area contributed by atoms with Crippen molar-refractivity contribution in [2.45, 2.75) is 57.0 Å². The lowest BCUT2D eigenvalue weighted by Gasteiger charge is -2.27. The number of benzene rings is 2. The third-order valence-electron chi connectivity index (χ3n) is 7.30. The van der Waals surface area contributed by atoms with Crippen molar-refractivity contribution in [3.05, 3.63) is 77.5 Å². The van der Waals surface area contributed by atoms with Crippen molar-refractivity contribution in [1.82, 2.24) is 19.8 Å². The summed E-state index contributed by atoms with van der Waals surface area (Å²) >= 11 is 0. The molecule has 1 unspecified atom stereocenters. The molecule has 2 fully saturated rings. The molecule has 1 amide bonds. The molecule has 1 atom stereocenters. The van der Waals surface area contributed by atoms with Crippen LogP contribution in [0.2, 0.25) is 0 Å². The number of hydrogen-bond acceptors (Lipinski definition) is 4. The lowest BCUT2D eigenvalue weighted by atomic mass is 9.97. The molecule has 0 bridgehead atoms.